The van der Waals surface area contributed by atoms with Crippen molar-refractivity contribution in [3.8, 4) is 17.2 Å². The van der Waals surface area contributed by atoms with Crippen LogP contribution in [-0.2, 0) is 0 Å². The van der Waals surface area contributed by atoms with E-state index < -0.39 is 0 Å². The Balaban J connectivity index is 1.57. The summed E-state index contributed by atoms with van der Waals surface area (Å²) in [7, 11) is 0. The highest BCUT2D eigenvalue weighted by atomic mass is 16.5. The van der Waals surface area contributed by atoms with Crippen LogP contribution >= 0.6 is 0 Å². The average Bonchev–Trinajstić information content (AvgIpc) is 2.76. The third-order valence-electron chi connectivity index (χ3n) is 4.98. The van der Waals surface area contributed by atoms with Crippen LogP contribution in [0.4, 0.5) is 0 Å². The molecule has 0 heterocycles. The molecule has 4 rings (SSSR count). The van der Waals surface area contributed by atoms with Crippen LogP contribution in [0.1, 0.15) is 58.0 Å². The van der Waals surface area contributed by atoms with Crippen molar-refractivity contribution in [1.82, 2.24) is 0 Å². The number of fused-ring (bicyclic) bond motifs is 2. The Morgan fingerprint density at radius 2 is 1.34 bits per heavy atom. The fourth-order valence-electron chi connectivity index (χ4n) is 3.47. The van der Waals surface area contributed by atoms with Crippen molar-refractivity contribution < 1.29 is 19.1 Å². The maximum absolute atomic E-state index is 13.0. The molecule has 0 N–H and O–H groups in total. The second-order valence-electron chi connectivity index (χ2n) is 7.01. The number of unbranched alkanes of at least 4 members (excludes halogenated alkanes) is 2. The smallest absolute Gasteiger partial charge is 0.198 e. The molecule has 0 saturated carbocycles. The van der Waals surface area contributed by atoms with Gasteiger partial charge in [-0.3, -0.25) is 9.59 Å². The summed E-state index contributed by atoms with van der Waals surface area (Å²) in [5.74, 6) is 1.40. The third kappa shape index (κ3) is 3.79. The molecule has 4 heteroatoms. The van der Waals surface area contributed by atoms with Crippen LogP contribution in [-0.4, -0.2) is 18.2 Å². The Morgan fingerprint density at radius 1 is 0.690 bits per heavy atom. The van der Waals surface area contributed by atoms with Gasteiger partial charge in [-0.25, -0.2) is 0 Å². The van der Waals surface area contributed by atoms with E-state index in [1.165, 1.54) is 0 Å². The van der Waals surface area contributed by atoms with Gasteiger partial charge in [0.15, 0.2) is 11.6 Å². The second kappa shape index (κ2) is 8.31. The predicted octanol–water partition coefficient (Wildman–Crippen LogP) is 5.82. The second-order valence-corrected chi connectivity index (χ2v) is 7.01. The van der Waals surface area contributed by atoms with Gasteiger partial charge in [0, 0.05) is 16.7 Å². The molecule has 0 atom stereocenters. The van der Waals surface area contributed by atoms with Gasteiger partial charge in [0.25, 0.3) is 0 Å². The first kappa shape index (κ1) is 18.9. The first-order chi connectivity index (χ1) is 14.2. The molecule has 0 radical (unpaired) electrons. The summed E-state index contributed by atoms with van der Waals surface area (Å²) < 4.78 is 11.7. The van der Waals surface area contributed by atoms with E-state index in [4.69, 9.17) is 9.47 Å². The van der Waals surface area contributed by atoms with E-state index in [9.17, 15) is 9.59 Å². The quantitative estimate of drug-likeness (QED) is 0.375. The minimum absolute atomic E-state index is 0.156. The summed E-state index contributed by atoms with van der Waals surface area (Å²) in [4.78, 5) is 25.9. The van der Waals surface area contributed by atoms with E-state index in [0.717, 1.165) is 25.0 Å². The number of hydrogen-bond acceptors (Lipinski definition) is 4. The Bertz CT molecular complexity index is 1050. The highest BCUT2D eigenvalue weighted by Gasteiger charge is 2.32. The number of ether oxygens (including phenoxy) is 2. The van der Waals surface area contributed by atoms with Crippen LogP contribution in [0.15, 0.2) is 66.7 Å². The molecule has 0 bridgehead atoms. The van der Waals surface area contributed by atoms with Crippen LogP contribution in [0.2, 0.25) is 0 Å². The van der Waals surface area contributed by atoms with E-state index in [0.29, 0.717) is 40.4 Å². The Kier molecular flexibility index (Phi) is 5.43. The molecule has 0 amide bonds. The van der Waals surface area contributed by atoms with Crippen LogP contribution in [0.5, 0.6) is 17.2 Å². The third-order valence-corrected chi connectivity index (χ3v) is 4.98. The fraction of sp³-hybridized carbons (Fsp3) is 0.200. The van der Waals surface area contributed by atoms with Crippen molar-refractivity contribution in [2.75, 3.05) is 6.61 Å². The van der Waals surface area contributed by atoms with Gasteiger partial charge in [-0.2, -0.15) is 0 Å². The zero-order valence-corrected chi connectivity index (χ0v) is 16.3. The minimum Gasteiger partial charge on any atom is -0.494 e. The van der Waals surface area contributed by atoms with Gasteiger partial charge in [-0.1, -0.05) is 56.2 Å². The molecule has 1 aliphatic carbocycles. The fourth-order valence-corrected chi connectivity index (χ4v) is 3.47. The van der Waals surface area contributed by atoms with Gasteiger partial charge in [-0.15, -0.1) is 0 Å². The SMILES string of the molecule is CCCCCOc1ccc(Oc2cccc3c2C(=O)c2ccccc2C3=O)cc1. The lowest BCUT2D eigenvalue weighted by atomic mass is 9.83. The summed E-state index contributed by atoms with van der Waals surface area (Å²) in [6.45, 7) is 2.85. The van der Waals surface area contributed by atoms with Crippen LogP contribution in [0.3, 0.4) is 0 Å². The highest BCUT2D eigenvalue weighted by Crippen LogP contribution is 2.35. The van der Waals surface area contributed by atoms with Gasteiger partial charge < -0.3 is 9.47 Å². The molecule has 0 aliphatic heterocycles. The number of rotatable bonds is 7. The van der Waals surface area contributed by atoms with E-state index in [-0.39, 0.29) is 11.6 Å². The molecule has 146 valence electrons. The standard InChI is InChI=1S/C25H22O4/c1-2-3-6-16-28-17-12-14-18(15-13-17)29-22-11-7-10-21-23(22)25(27)20-9-5-4-8-19(20)24(21)26/h4-5,7-15H,2-3,6,16H2,1H3. The molecular formula is C25H22O4. The lowest BCUT2D eigenvalue weighted by Crippen LogP contribution is -2.21. The predicted molar refractivity (Wildman–Crippen MR) is 111 cm³/mol. The van der Waals surface area contributed by atoms with Crippen molar-refractivity contribution >= 4 is 11.6 Å². The largest absolute Gasteiger partial charge is 0.494 e. The summed E-state index contributed by atoms with van der Waals surface area (Å²) >= 11 is 0. The molecule has 4 nitrogen and oxygen atoms in total. The first-order valence-electron chi connectivity index (χ1n) is 9.91. The number of carbonyl (C=O) groups is 2. The summed E-state index contributed by atoms with van der Waals surface area (Å²) in [5, 5.41) is 0. The van der Waals surface area contributed by atoms with Gasteiger partial charge in [-0.05, 0) is 36.8 Å². The molecular weight excluding hydrogens is 364 g/mol. The Hall–Kier alpha value is -3.40. The number of ketones is 2. The summed E-state index contributed by atoms with van der Waals surface area (Å²) in [6.07, 6.45) is 3.34. The number of carbonyl (C=O) groups excluding carboxylic acids is 2. The lowest BCUT2D eigenvalue weighted by Gasteiger charge is -2.20. The zero-order valence-electron chi connectivity index (χ0n) is 16.3. The van der Waals surface area contributed by atoms with Gasteiger partial charge in [0.05, 0.1) is 12.2 Å². The molecule has 0 fully saturated rings. The van der Waals surface area contributed by atoms with Gasteiger partial charge in [0.2, 0.25) is 0 Å². The minimum atomic E-state index is -0.193. The van der Waals surface area contributed by atoms with Crippen molar-refractivity contribution in [3.63, 3.8) is 0 Å². The van der Waals surface area contributed by atoms with E-state index in [2.05, 4.69) is 6.92 Å². The zero-order chi connectivity index (χ0) is 20.2. The molecule has 0 aromatic heterocycles. The normalized spacial score (nSPS) is 12.3. The van der Waals surface area contributed by atoms with Crippen molar-refractivity contribution in [3.05, 3.63) is 89.0 Å². The maximum atomic E-state index is 13.0. The molecule has 0 saturated heterocycles. The summed E-state index contributed by atoms with van der Waals surface area (Å²) in [5.41, 5.74) is 1.54. The summed E-state index contributed by atoms with van der Waals surface area (Å²) in [6, 6.07) is 19.3. The van der Waals surface area contributed by atoms with E-state index in [1.807, 2.05) is 12.1 Å². The Labute approximate surface area is 170 Å². The van der Waals surface area contributed by atoms with E-state index in [1.54, 1.807) is 54.6 Å². The monoisotopic (exact) mass is 386 g/mol. The lowest BCUT2D eigenvalue weighted by molar-refractivity contribution is 0.0977. The molecule has 0 spiro atoms. The average molecular weight is 386 g/mol. The molecule has 29 heavy (non-hydrogen) atoms. The van der Waals surface area contributed by atoms with Gasteiger partial charge >= 0.3 is 0 Å². The van der Waals surface area contributed by atoms with E-state index >= 15 is 0 Å². The van der Waals surface area contributed by atoms with Crippen LogP contribution in [0, 0.1) is 0 Å². The first-order valence-corrected chi connectivity index (χ1v) is 9.91. The maximum Gasteiger partial charge on any atom is 0.198 e. The molecule has 0 unspecified atom stereocenters. The number of benzene rings is 3. The van der Waals surface area contributed by atoms with Crippen molar-refractivity contribution in [2.45, 2.75) is 26.2 Å². The van der Waals surface area contributed by atoms with Crippen molar-refractivity contribution in [1.29, 1.82) is 0 Å². The molecule has 3 aromatic rings. The van der Waals surface area contributed by atoms with Gasteiger partial charge in [0.1, 0.15) is 17.2 Å². The number of hydrogen-bond donors (Lipinski definition) is 0. The molecule has 1 aliphatic rings. The molecule has 3 aromatic carbocycles. The van der Waals surface area contributed by atoms with Crippen LogP contribution in [0.25, 0.3) is 0 Å². The van der Waals surface area contributed by atoms with Crippen molar-refractivity contribution in [2.24, 2.45) is 0 Å². The Morgan fingerprint density at radius 3 is 2.07 bits per heavy atom. The van der Waals surface area contributed by atoms with Crippen LogP contribution < -0.4 is 9.47 Å². The highest BCUT2D eigenvalue weighted by molar-refractivity contribution is 6.29. The topological polar surface area (TPSA) is 52.6 Å².